The molecule has 0 spiro atoms. The molecule has 30 heavy (non-hydrogen) atoms. The van der Waals surface area contributed by atoms with E-state index in [2.05, 4.69) is 15.5 Å². The van der Waals surface area contributed by atoms with Gasteiger partial charge in [0.25, 0.3) is 0 Å². The van der Waals surface area contributed by atoms with Gasteiger partial charge in [-0.1, -0.05) is 23.4 Å². The van der Waals surface area contributed by atoms with Crippen molar-refractivity contribution in [2.45, 2.75) is 32.6 Å². The first kappa shape index (κ1) is 19.9. The topological polar surface area (TPSA) is 80.5 Å². The molecule has 156 valence electrons. The van der Waals surface area contributed by atoms with Crippen LogP contribution in [0.3, 0.4) is 0 Å². The number of rotatable bonds is 4. The summed E-state index contributed by atoms with van der Waals surface area (Å²) in [5, 5.41) is 7.19. The van der Waals surface area contributed by atoms with Gasteiger partial charge < -0.3 is 19.5 Å². The Hall–Kier alpha value is -3.35. The van der Waals surface area contributed by atoms with Crippen molar-refractivity contribution >= 4 is 11.7 Å². The number of piperidine rings is 1. The number of ether oxygens (including phenoxy) is 1. The maximum absolute atomic E-state index is 12.7. The number of hydrogen-bond acceptors (Lipinski definition) is 5. The van der Waals surface area contributed by atoms with E-state index in [0.29, 0.717) is 24.8 Å². The van der Waals surface area contributed by atoms with Crippen molar-refractivity contribution in [2.75, 3.05) is 25.5 Å². The molecule has 7 nitrogen and oxygen atoms in total. The number of anilines is 1. The van der Waals surface area contributed by atoms with Crippen LogP contribution in [0.4, 0.5) is 10.5 Å². The standard InChI is InChI=1S/C23H26N4O3/c1-15-5-4-6-16(2)20(15)24-23(28)27-13-11-18(12-14-27)22-25-21(26-30-22)17-7-9-19(29-3)10-8-17/h4-10,18H,11-14H2,1-3H3,(H,24,28). The molecule has 0 unspecified atom stereocenters. The van der Waals surface area contributed by atoms with Gasteiger partial charge in [0.15, 0.2) is 0 Å². The molecule has 1 N–H and O–H groups in total. The second kappa shape index (κ2) is 8.57. The minimum Gasteiger partial charge on any atom is -0.497 e. The highest BCUT2D eigenvalue weighted by Crippen LogP contribution is 2.29. The van der Waals surface area contributed by atoms with Crippen LogP contribution in [-0.2, 0) is 0 Å². The monoisotopic (exact) mass is 406 g/mol. The number of nitrogens with one attached hydrogen (secondary N) is 1. The van der Waals surface area contributed by atoms with Crippen molar-refractivity contribution in [1.29, 1.82) is 0 Å². The molecule has 1 aliphatic heterocycles. The molecule has 2 aromatic carbocycles. The van der Waals surface area contributed by atoms with Gasteiger partial charge in [0.2, 0.25) is 11.7 Å². The van der Waals surface area contributed by atoms with E-state index in [4.69, 9.17) is 9.26 Å². The van der Waals surface area contributed by atoms with Crippen molar-refractivity contribution < 1.29 is 14.1 Å². The summed E-state index contributed by atoms with van der Waals surface area (Å²) < 4.78 is 10.7. The molecule has 1 saturated heterocycles. The lowest BCUT2D eigenvalue weighted by atomic mass is 9.97. The molecule has 3 aromatic rings. The largest absolute Gasteiger partial charge is 0.497 e. The maximum Gasteiger partial charge on any atom is 0.321 e. The van der Waals surface area contributed by atoms with Gasteiger partial charge in [-0.3, -0.25) is 0 Å². The molecule has 0 aliphatic carbocycles. The number of urea groups is 1. The van der Waals surface area contributed by atoms with Crippen LogP contribution < -0.4 is 10.1 Å². The number of nitrogens with zero attached hydrogens (tertiary/aromatic N) is 3. The number of carbonyl (C=O) groups excluding carboxylic acids is 1. The summed E-state index contributed by atoms with van der Waals surface area (Å²) in [4.78, 5) is 19.1. The Balaban J connectivity index is 1.36. The molecule has 0 bridgehead atoms. The zero-order valence-corrected chi connectivity index (χ0v) is 17.5. The minimum absolute atomic E-state index is 0.0599. The van der Waals surface area contributed by atoms with Gasteiger partial charge in [-0.25, -0.2) is 4.79 Å². The highest BCUT2D eigenvalue weighted by Gasteiger charge is 2.28. The molecule has 2 heterocycles. The first-order valence-electron chi connectivity index (χ1n) is 10.2. The number of aromatic nitrogens is 2. The number of hydrogen-bond donors (Lipinski definition) is 1. The summed E-state index contributed by atoms with van der Waals surface area (Å²) in [6.45, 7) is 5.32. The minimum atomic E-state index is -0.0599. The maximum atomic E-state index is 12.7. The molecule has 4 rings (SSSR count). The Labute approximate surface area is 176 Å². The van der Waals surface area contributed by atoms with E-state index in [1.165, 1.54) is 0 Å². The van der Waals surface area contributed by atoms with Crippen LogP contribution in [0.25, 0.3) is 11.4 Å². The average molecular weight is 406 g/mol. The van der Waals surface area contributed by atoms with E-state index >= 15 is 0 Å². The first-order chi connectivity index (χ1) is 14.5. The van der Waals surface area contributed by atoms with E-state index in [1.807, 2.05) is 61.2 Å². The summed E-state index contributed by atoms with van der Waals surface area (Å²) in [5.41, 5.74) is 3.91. The first-order valence-corrected chi connectivity index (χ1v) is 10.2. The van der Waals surface area contributed by atoms with Gasteiger partial charge in [-0.15, -0.1) is 0 Å². The quantitative estimate of drug-likeness (QED) is 0.675. The van der Waals surface area contributed by atoms with Crippen LogP contribution in [0.15, 0.2) is 47.0 Å². The number of aryl methyl sites for hydroxylation is 2. The van der Waals surface area contributed by atoms with Crippen molar-refractivity contribution in [2.24, 2.45) is 0 Å². The van der Waals surface area contributed by atoms with E-state index in [1.54, 1.807) is 7.11 Å². The molecular formula is C23H26N4O3. The lowest BCUT2D eigenvalue weighted by Gasteiger charge is -2.30. The lowest BCUT2D eigenvalue weighted by Crippen LogP contribution is -2.40. The Morgan fingerprint density at radius 2 is 1.77 bits per heavy atom. The van der Waals surface area contributed by atoms with Crippen LogP contribution >= 0.6 is 0 Å². The van der Waals surface area contributed by atoms with Crippen molar-refractivity contribution in [3.05, 3.63) is 59.5 Å². The zero-order chi connectivity index (χ0) is 21.1. The number of methoxy groups -OCH3 is 1. The number of para-hydroxylation sites is 1. The number of benzene rings is 2. The van der Waals surface area contributed by atoms with Crippen molar-refractivity contribution in [3.8, 4) is 17.1 Å². The smallest absolute Gasteiger partial charge is 0.321 e. The van der Waals surface area contributed by atoms with E-state index in [-0.39, 0.29) is 11.9 Å². The summed E-state index contributed by atoms with van der Waals surface area (Å²) in [5.74, 6) is 2.15. The summed E-state index contributed by atoms with van der Waals surface area (Å²) in [7, 11) is 1.64. The molecule has 0 atom stereocenters. The van der Waals surface area contributed by atoms with Crippen LogP contribution in [0.2, 0.25) is 0 Å². The second-order valence-corrected chi connectivity index (χ2v) is 7.64. The molecule has 1 fully saturated rings. The van der Waals surface area contributed by atoms with Gasteiger partial charge in [0.05, 0.1) is 7.11 Å². The van der Waals surface area contributed by atoms with E-state index in [9.17, 15) is 4.79 Å². The fourth-order valence-electron chi connectivity index (χ4n) is 3.79. The molecule has 7 heteroatoms. The molecular weight excluding hydrogens is 380 g/mol. The zero-order valence-electron chi connectivity index (χ0n) is 17.5. The van der Waals surface area contributed by atoms with E-state index in [0.717, 1.165) is 41.0 Å². The lowest BCUT2D eigenvalue weighted by molar-refractivity contribution is 0.187. The molecule has 1 aromatic heterocycles. The predicted octanol–water partition coefficient (Wildman–Crippen LogP) is 4.77. The fourth-order valence-corrected chi connectivity index (χ4v) is 3.79. The Kier molecular flexibility index (Phi) is 5.70. The third-order valence-electron chi connectivity index (χ3n) is 5.63. The molecule has 0 saturated carbocycles. The number of amides is 2. The van der Waals surface area contributed by atoms with Crippen LogP contribution in [0.5, 0.6) is 5.75 Å². The van der Waals surface area contributed by atoms with Gasteiger partial charge in [-0.2, -0.15) is 4.98 Å². The van der Waals surface area contributed by atoms with Crippen molar-refractivity contribution in [3.63, 3.8) is 0 Å². The van der Waals surface area contributed by atoms with E-state index < -0.39 is 0 Å². The average Bonchev–Trinajstić information content (AvgIpc) is 3.27. The normalized spacial score (nSPS) is 14.6. The van der Waals surface area contributed by atoms with Crippen LogP contribution in [-0.4, -0.2) is 41.3 Å². The second-order valence-electron chi connectivity index (χ2n) is 7.64. The summed E-state index contributed by atoms with van der Waals surface area (Å²) >= 11 is 0. The number of carbonyl (C=O) groups is 1. The Morgan fingerprint density at radius 1 is 1.10 bits per heavy atom. The summed E-state index contributed by atoms with van der Waals surface area (Å²) in [6.07, 6.45) is 1.59. The van der Waals surface area contributed by atoms with Crippen LogP contribution in [0, 0.1) is 13.8 Å². The molecule has 1 aliphatic rings. The highest BCUT2D eigenvalue weighted by molar-refractivity contribution is 5.91. The molecule has 2 amide bonds. The SMILES string of the molecule is COc1ccc(-c2noc(C3CCN(C(=O)Nc4c(C)cccc4C)CC3)n2)cc1. The predicted molar refractivity (Wildman–Crippen MR) is 115 cm³/mol. The highest BCUT2D eigenvalue weighted by atomic mass is 16.5. The van der Waals surface area contributed by atoms with Crippen LogP contribution in [0.1, 0.15) is 35.8 Å². The van der Waals surface area contributed by atoms with Crippen molar-refractivity contribution in [1.82, 2.24) is 15.0 Å². The van der Waals surface area contributed by atoms with Gasteiger partial charge in [0, 0.05) is 30.3 Å². The summed E-state index contributed by atoms with van der Waals surface area (Å²) in [6, 6.07) is 13.5. The van der Waals surface area contributed by atoms with Gasteiger partial charge in [0.1, 0.15) is 5.75 Å². The van der Waals surface area contributed by atoms with Gasteiger partial charge >= 0.3 is 6.03 Å². The van der Waals surface area contributed by atoms with Gasteiger partial charge in [-0.05, 0) is 62.1 Å². The molecule has 0 radical (unpaired) electrons. The number of likely N-dealkylation sites (tertiary alicyclic amines) is 1. The third-order valence-corrected chi connectivity index (χ3v) is 5.63. The Bertz CT molecular complexity index is 1000. The third kappa shape index (κ3) is 4.15. The fraction of sp³-hybridized carbons (Fsp3) is 0.348. The Morgan fingerprint density at radius 3 is 2.40 bits per heavy atom.